The molecule has 12 nitrogen and oxygen atoms in total. The molecule has 1 aromatic heterocycles. The number of nitrogens with zero attached hydrogens (tertiary/aromatic N) is 1. The zero-order valence-electron chi connectivity index (χ0n) is 22.6. The number of aromatic amines is 1. The Bertz CT molecular complexity index is 1590. The van der Waals surface area contributed by atoms with E-state index >= 15 is 8.78 Å². The highest BCUT2D eigenvalue weighted by Crippen LogP contribution is 2.52. The van der Waals surface area contributed by atoms with Gasteiger partial charge in [0.2, 0.25) is 0 Å². The fourth-order valence-corrected chi connectivity index (χ4v) is 5.79. The number of benzene rings is 2. The molecule has 1 saturated heterocycles. The van der Waals surface area contributed by atoms with E-state index in [0.29, 0.717) is 15.3 Å². The van der Waals surface area contributed by atoms with Crippen molar-refractivity contribution >= 4 is 24.5 Å². The van der Waals surface area contributed by atoms with Gasteiger partial charge in [-0.15, -0.1) is 0 Å². The number of fused-ring (bicyclic) bond motifs is 1. The summed E-state index contributed by atoms with van der Waals surface area (Å²) in [5.41, 5.74) is -4.82. The normalized spacial score (nSPS) is 26.5. The number of H-pyrrole nitrogens is 1. The molecule has 4 rings (SSSR count). The van der Waals surface area contributed by atoms with Crippen molar-refractivity contribution in [2.45, 2.75) is 63.7 Å². The molecule has 0 spiro atoms. The molecule has 6 atom stereocenters. The number of hydrogen-bond donors (Lipinski definition) is 3. The minimum Gasteiger partial charge on any atom is -0.462 e. The predicted octanol–water partition coefficient (Wildman–Crippen LogP) is 3.11. The Morgan fingerprint density at radius 3 is 2.54 bits per heavy atom. The molecular weight excluding hydrogens is 567 g/mol. The van der Waals surface area contributed by atoms with Gasteiger partial charge in [0.25, 0.3) is 11.4 Å². The summed E-state index contributed by atoms with van der Waals surface area (Å²) in [6.45, 7) is 3.96. The minimum atomic E-state index is -4.69. The fraction of sp³-hybridized carbons (Fsp3) is 0.423. The van der Waals surface area contributed by atoms with Crippen LogP contribution in [-0.2, 0) is 23.4 Å². The van der Waals surface area contributed by atoms with Gasteiger partial charge in [0.15, 0.2) is 18.0 Å². The van der Waals surface area contributed by atoms with Crippen molar-refractivity contribution in [3.63, 3.8) is 0 Å². The summed E-state index contributed by atoms with van der Waals surface area (Å²) in [5.74, 6) is -4.12. The second-order valence-electron chi connectivity index (χ2n) is 10.0. The van der Waals surface area contributed by atoms with E-state index in [-0.39, 0.29) is 5.75 Å². The molecule has 3 aromatic rings. The lowest BCUT2D eigenvalue weighted by Gasteiger charge is -2.28. The van der Waals surface area contributed by atoms with Crippen LogP contribution in [0.5, 0.6) is 5.75 Å². The van der Waals surface area contributed by atoms with Gasteiger partial charge in [-0.3, -0.25) is 23.7 Å². The van der Waals surface area contributed by atoms with E-state index in [1.807, 2.05) is 4.98 Å². The molecule has 41 heavy (non-hydrogen) atoms. The molecule has 0 bridgehead atoms. The first kappa shape index (κ1) is 30.5. The lowest BCUT2D eigenvalue weighted by molar-refractivity contribution is -0.204. The van der Waals surface area contributed by atoms with Gasteiger partial charge in [0, 0.05) is 17.6 Å². The highest BCUT2D eigenvalue weighted by atomic mass is 31.2. The van der Waals surface area contributed by atoms with Crippen LogP contribution >= 0.6 is 7.75 Å². The van der Waals surface area contributed by atoms with E-state index in [0.717, 1.165) is 19.2 Å². The molecule has 1 unspecified atom stereocenters. The van der Waals surface area contributed by atoms with Gasteiger partial charge < -0.3 is 19.1 Å². The van der Waals surface area contributed by atoms with Crippen LogP contribution in [0.4, 0.5) is 8.78 Å². The SMILES string of the molecule is CC(C)OC(=O)[C@H](C)NP(=O)(OC[C@@]1(F)O[C@@H](n2ccc(=O)[nH]c2=O)[C@](C)(F)[C@@H]1O)Oc1cccc2ccccc12. The molecule has 0 radical (unpaired) electrons. The zero-order valence-corrected chi connectivity index (χ0v) is 23.5. The van der Waals surface area contributed by atoms with Crippen molar-refractivity contribution in [3.8, 4) is 5.75 Å². The second kappa shape index (κ2) is 11.5. The van der Waals surface area contributed by atoms with Gasteiger partial charge >= 0.3 is 19.4 Å². The van der Waals surface area contributed by atoms with Crippen LogP contribution in [0.25, 0.3) is 10.8 Å². The molecule has 3 N–H and O–H groups in total. The standard InChI is InChI=1S/C26H30F2N3O9P/c1-15(2)38-21(33)16(3)30-41(36,40-19-11-7-9-17-8-5-6-10-18(17)19)37-14-26(28)22(34)25(4,27)23(39-26)31-13-12-20(32)29-24(31)35/h5-13,15-16,22-23,34H,14H2,1-4H3,(H,30,36)(H,29,32,35)/t16-,22-,23+,25+,26+,41?/m0/s1. The lowest BCUT2D eigenvalue weighted by atomic mass is 9.97. The number of alkyl halides is 2. The average molecular weight is 598 g/mol. The molecule has 222 valence electrons. The second-order valence-corrected chi connectivity index (χ2v) is 11.7. The first-order valence-corrected chi connectivity index (χ1v) is 14.1. The smallest absolute Gasteiger partial charge is 0.459 e. The number of carbonyl (C=O) groups excluding carboxylic acids is 1. The summed E-state index contributed by atoms with van der Waals surface area (Å²) < 4.78 is 67.5. The van der Waals surface area contributed by atoms with E-state index < -0.39 is 67.6 Å². The fourth-order valence-electron chi connectivity index (χ4n) is 4.27. The van der Waals surface area contributed by atoms with Crippen LogP contribution in [-0.4, -0.2) is 57.0 Å². The van der Waals surface area contributed by atoms with Gasteiger partial charge in [-0.05, 0) is 39.1 Å². The first-order chi connectivity index (χ1) is 19.1. The maximum atomic E-state index is 16.0. The molecular formula is C26H30F2N3O9P. The van der Waals surface area contributed by atoms with Crippen molar-refractivity contribution in [3.05, 3.63) is 75.6 Å². The number of ether oxygens (including phenoxy) is 2. The maximum absolute atomic E-state index is 16.0. The van der Waals surface area contributed by atoms with Crippen LogP contribution in [0, 0.1) is 0 Å². The Morgan fingerprint density at radius 2 is 1.85 bits per heavy atom. The van der Waals surface area contributed by atoms with Crippen molar-refractivity contribution in [2.24, 2.45) is 0 Å². The largest absolute Gasteiger partial charge is 0.462 e. The summed E-state index contributed by atoms with van der Waals surface area (Å²) >= 11 is 0. The van der Waals surface area contributed by atoms with Crippen LogP contribution in [0.2, 0.25) is 0 Å². The average Bonchev–Trinajstić information content (AvgIpc) is 3.07. The summed E-state index contributed by atoms with van der Waals surface area (Å²) in [6, 6.07) is 11.4. The number of nitrogens with one attached hydrogen (secondary N) is 2. The molecule has 2 aromatic carbocycles. The third-order valence-corrected chi connectivity index (χ3v) is 7.90. The van der Waals surface area contributed by atoms with Gasteiger partial charge in [-0.2, -0.15) is 5.09 Å². The number of rotatable bonds is 10. The van der Waals surface area contributed by atoms with Crippen LogP contribution in [0.1, 0.15) is 33.9 Å². The van der Waals surface area contributed by atoms with Gasteiger partial charge in [-0.1, -0.05) is 36.4 Å². The van der Waals surface area contributed by atoms with Crippen molar-refractivity contribution in [1.82, 2.24) is 14.6 Å². The monoisotopic (exact) mass is 597 g/mol. The maximum Gasteiger partial charge on any atom is 0.459 e. The van der Waals surface area contributed by atoms with Gasteiger partial charge in [0.1, 0.15) is 18.4 Å². The number of halogens is 2. The van der Waals surface area contributed by atoms with E-state index in [2.05, 4.69) is 5.09 Å². The third-order valence-electron chi connectivity index (χ3n) is 6.29. The van der Waals surface area contributed by atoms with Crippen LogP contribution in [0.15, 0.2) is 64.3 Å². The summed E-state index contributed by atoms with van der Waals surface area (Å²) in [7, 11) is -4.69. The summed E-state index contributed by atoms with van der Waals surface area (Å²) in [5, 5.41) is 14.2. The topological polar surface area (TPSA) is 158 Å². The van der Waals surface area contributed by atoms with Crippen molar-refractivity contribution < 1.29 is 41.8 Å². The summed E-state index contributed by atoms with van der Waals surface area (Å²) in [4.78, 5) is 38.0. The highest BCUT2D eigenvalue weighted by Gasteiger charge is 2.65. The number of carbonyl (C=O) groups is 1. The third kappa shape index (κ3) is 6.41. The van der Waals surface area contributed by atoms with Gasteiger partial charge in [0.05, 0.1) is 6.10 Å². The Kier molecular flexibility index (Phi) is 8.53. The molecule has 0 amide bonds. The number of hydrogen-bond acceptors (Lipinski definition) is 9. The first-order valence-electron chi connectivity index (χ1n) is 12.6. The van der Waals surface area contributed by atoms with E-state index in [4.69, 9.17) is 18.5 Å². The van der Waals surface area contributed by atoms with E-state index in [1.165, 1.54) is 13.0 Å². The molecule has 0 saturated carbocycles. The van der Waals surface area contributed by atoms with Crippen molar-refractivity contribution in [2.75, 3.05) is 6.61 Å². The minimum absolute atomic E-state index is 0.0529. The predicted molar refractivity (Wildman–Crippen MR) is 143 cm³/mol. The Morgan fingerprint density at radius 1 is 1.17 bits per heavy atom. The number of esters is 1. The van der Waals surface area contributed by atoms with Crippen molar-refractivity contribution in [1.29, 1.82) is 0 Å². The highest BCUT2D eigenvalue weighted by molar-refractivity contribution is 7.52. The van der Waals surface area contributed by atoms with Gasteiger partial charge in [-0.25, -0.2) is 18.1 Å². The summed E-state index contributed by atoms with van der Waals surface area (Å²) in [6.07, 6.45) is -4.21. The number of aliphatic hydroxyl groups is 1. The molecule has 1 aliphatic rings. The Labute approximate surface area is 232 Å². The number of aromatic nitrogens is 2. The number of aliphatic hydroxyl groups excluding tert-OH is 1. The molecule has 1 aliphatic heterocycles. The Balaban J connectivity index is 1.64. The van der Waals surface area contributed by atoms with Crippen LogP contribution in [0.3, 0.4) is 0 Å². The molecule has 2 heterocycles. The lowest BCUT2D eigenvalue weighted by Crippen LogP contribution is -2.47. The quantitative estimate of drug-likeness (QED) is 0.234. The van der Waals surface area contributed by atoms with E-state index in [9.17, 15) is 24.1 Å². The molecule has 0 aliphatic carbocycles. The zero-order chi connectivity index (χ0) is 30.2. The molecule has 15 heteroatoms. The van der Waals surface area contributed by atoms with Crippen LogP contribution < -0.4 is 20.9 Å². The molecule has 1 fully saturated rings. The van der Waals surface area contributed by atoms with E-state index in [1.54, 1.807) is 50.2 Å². The Hall–Kier alpha value is -3.42.